The first-order valence-corrected chi connectivity index (χ1v) is 14.1. The molecule has 0 radical (unpaired) electrons. The first-order valence-electron chi connectivity index (χ1n) is 13.7. The number of methoxy groups -OCH3 is 1. The van der Waals surface area contributed by atoms with Gasteiger partial charge in [0.25, 0.3) is 0 Å². The van der Waals surface area contributed by atoms with E-state index in [0.717, 1.165) is 35.5 Å². The molecule has 1 aromatic carbocycles. The molecular formula is C29H38ClN5O5. The molecule has 40 heavy (non-hydrogen) atoms. The number of halogens is 1. The zero-order valence-corrected chi connectivity index (χ0v) is 24.8. The average molecular weight is 572 g/mol. The minimum Gasteiger partial charge on any atom is -0.491 e. The van der Waals surface area contributed by atoms with Crippen LogP contribution in [0.1, 0.15) is 50.1 Å². The molecule has 3 aromatic rings. The van der Waals surface area contributed by atoms with E-state index >= 15 is 0 Å². The SMILES string of the molecule is CCC[C@@H](O)COc1ccc(Cl)c(-c2nc(-c3c(C)noc3C)c(C)c(N3CCN(C(=O)OC)[C@@H](CC)C3)n2)c1. The van der Waals surface area contributed by atoms with Crippen LogP contribution in [0.4, 0.5) is 10.6 Å². The summed E-state index contributed by atoms with van der Waals surface area (Å²) in [5.74, 6) is 2.41. The molecule has 2 atom stereocenters. The number of aromatic nitrogens is 3. The van der Waals surface area contributed by atoms with E-state index < -0.39 is 6.10 Å². The topological polar surface area (TPSA) is 114 Å². The van der Waals surface area contributed by atoms with Crippen LogP contribution in [0, 0.1) is 20.8 Å². The molecule has 3 heterocycles. The fraction of sp³-hybridized carbons (Fsp3) is 0.517. The summed E-state index contributed by atoms with van der Waals surface area (Å²) in [5.41, 5.74) is 3.74. The number of ether oxygens (including phenoxy) is 2. The summed E-state index contributed by atoms with van der Waals surface area (Å²) in [5, 5.41) is 14.8. The standard InChI is InChI=1S/C29H38ClN5O5/c1-7-9-21(36)16-39-22-10-11-24(30)23(14-22)27-31-26(25-18(4)33-40-19(25)5)17(3)28(32-27)34-12-13-35(29(37)38-6)20(8-2)15-34/h10-11,14,20-21,36H,7-9,12-13,15-16H2,1-6H3/t20-,21+/m0/s1. The van der Waals surface area contributed by atoms with Crippen LogP contribution in [0.3, 0.4) is 0 Å². The van der Waals surface area contributed by atoms with Gasteiger partial charge in [0.15, 0.2) is 5.82 Å². The summed E-state index contributed by atoms with van der Waals surface area (Å²) in [6.45, 7) is 11.7. The van der Waals surface area contributed by atoms with E-state index in [9.17, 15) is 9.90 Å². The molecule has 1 aliphatic heterocycles. The molecule has 216 valence electrons. The van der Waals surface area contributed by atoms with Crippen molar-refractivity contribution in [2.24, 2.45) is 0 Å². The third-order valence-corrected chi connectivity index (χ3v) is 7.63. The lowest BCUT2D eigenvalue weighted by Gasteiger charge is -2.41. The molecule has 0 bridgehead atoms. The molecule has 1 N–H and O–H groups in total. The third-order valence-electron chi connectivity index (χ3n) is 7.30. The quantitative estimate of drug-likeness (QED) is 0.351. The fourth-order valence-electron chi connectivity index (χ4n) is 5.13. The molecule has 1 amide bonds. The van der Waals surface area contributed by atoms with E-state index in [-0.39, 0.29) is 18.7 Å². The van der Waals surface area contributed by atoms with Crippen molar-refractivity contribution in [2.75, 3.05) is 38.3 Å². The number of carbonyl (C=O) groups excluding carboxylic acids is 1. The van der Waals surface area contributed by atoms with Gasteiger partial charge in [0, 0.05) is 30.8 Å². The van der Waals surface area contributed by atoms with E-state index in [4.69, 9.17) is 35.6 Å². The van der Waals surface area contributed by atoms with E-state index in [1.54, 1.807) is 23.1 Å². The second-order valence-electron chi connectivity index (χ2n) is 10.1. The maximum atomic E-state index is 12.4. The normalized spacial score (nSPS) is 16.2. The summed E-state index contributed by atoms with van der Waals surface area (Å²) in [6.07, 6.45) is 1.43. The molecule has 4 rings (SSSR count). The van der Waals surface area contributed by atoms with Crippen molar-refractivity contribution in [3.63, 3.8) is 0 Å². The zero-order valence-electron chi connectivity index (χ0n) is 24.0. The van der Waals surface area contributed by atoms with Crippen LogP contribution in [0.5, 0.6) is 5.75 Å². The van der Waals surface area contributed by atoms with Crippen molar-refractivity contribution >= 4 is 23.5 Å². The van der Waals surface area contributed by atoms with Gasteiger partial charge in [0.1, 0.15) is 23.9 Å². The Hall–Kier alpha value is -3.37. The fourth-order valence-corrected chi connectivity index (χ4v) is 5.33. The van der Waals surface area contributed by atoms with E-state index in [1.165, 1.54) is 7.11 Å². The first-order chi connectivity index (χ1) is 19.2. The van der Waals surface area contributed by atoms with E-state index in [0.29, 0.717) is 59.7 Å². The van der Waals surface area contributed by atoms with Crippen LogP contribution in [0.25, 0.3) is 22.6 Å². The van der Waals surface area contributed by atoms with Crippen LogP contribution in [0.2, 0.25) is 5.02 Å². The van der Waals surface area contributed by atoms with Gasteiger partial charge in [-0.05, 0) is 51.8 Å². The summed E-state index contributed by atoms with van der Waals surface area (Å²) in [7, 11) is 1.41. The summed E-state index contributed by atoms with van der Waals surface area (Å²) in [4.78, 5) is 26.3. The van der Waals surface area contributed by atoms with Gasteiger partial charge < -0.3 is 28.9 Å². The number of aryl methyl sites for hydroxylation is 2. The van der Waals surface area contributed by atoms with Gasteiger partial charge in [-0.25, -0.2) is 14.8 Å². The zero-order chi connectivity index (χ0) is 29.0. The lowest BCUT2D eigenvalue weighted by molar-refractivity contribution is 0.0980. The lowest BCUT2D eigenvalue weighted by Crippen LogP contribution is -2.55. The number of piperazine rings is 1. The lowest BCUT2D eigenvalue weighted by atomic mass is 10.0. The predicted molar refractivity (Wildman–Crippen MR) is 154 cm³/mol. The van der Waals surface area contributed by atoms with Crippen LogP contribution in [-0.2, 0) is 4.74 Å². The monoisotopic (exact) mass is 571 g/mol. The Labute approximate surface area is 240 Å². The predicted octanol–water partition coefficient (Wildman–Crippen LogP) is 5.58. The number of aliphatic hydroxyl groups excluding tert-OH is 1. The first kappa shape index (κ1) is 29.6. The van der Waals surface area contributed by atoms with Crippen molar-refractivity contribution < 1.29 is 23.9 Å². The second-order valence-corrected chi connectivity index (χ2v) is 10.5. The highest BCUT2D eigenvalue weighted by Gasteiger charge is 2.32. The number of aliphatic hydroxyl groups is 1. The minimum atomic E-state index is -0.548. The minimum absolute atomic E-state index is 0.0311. The maximum absolute atomic E-state index is 12.4. The molecular weight excluding hydrogens is 534 g/mol. The second kappa shape index (κ2) is 12.9. The smallest absolute Gasteiger partial charge is 0.409 e. The number of anilines is 1. The number of hydrogen-bond donors (Lipinski definition) is 1. The van der Waals surface area contributed by atoms with Gasteiger partial charge in [0.2, 0.25) is 0 Å². The molecule has 11 heteroatoms. The average Bonchev–Trinajstić information content (AvgIpc) is 3.29. The molecule has 1 saturated heterocycles. The number of carbonyl (C=O) groups is 1. The van der Waals surface area contributed by atoms with Crippen LogP contribution < -0.4 is 9.64 Å². The Balaban J connectivity index is 1.79. The van der Waals surface area contributed by atoms with Gasteiger partial charge in [-0.3, -0.25) is 0 Å². The van der Waals surface area contributed by atoms with Crippen LogP contribution >= 0.6 is 11.6 Å². The van der Waals surface area contributed by atoms with Gasteiger partial charge in [-0.2, -0.15) is 0 Å². The molecule has 0 saturated carbocycles. The molecule has 2 aromatic heterocycles. The van der Waals surface area contributed by atoms with E-state index in [2.05, 4.69) is 17.0 Å². The highest BCUT2D eigenvalue weighted by atomic mass is 35.5. The Morgan fingerprint density at radius 2 is 2.00 bits per heavy atom. The highest BCUT2D eigenvalue weighted by molar-refractivity contribution is 6.33. The van der Waals surface area contributed by atoms with Crippen molar-refractivity contribution in [1.82, 2.24) is 20.0 Å². The summed E-state index contributed by atoms with van der Waals surface area (Å²) < 4.78 is 16.4. The molecule has 1 aliphatic rings. The maximum Gasteiger partial charge on any atom is 0.409 e. The Morgan fingerprint density at radius 1 is 1.23 bits per heavy atom. The summed E-state index contributed by atoms with van der Waals surface area (Å²) >= 11 is 6.69. The van der Waals surface area contributed by atoms with Crippen LogP contribution in [0.15, 0.2) is 22.7 Å². The third kappa shape index (κ3) is 6.18. The number of hydrogen-bond acceptors (Lipinski definition) is 9. The van der Waals surface area contributed by atoms with E-state index in [1.807, 2.05) is 27.7 Å². The van der Waals surface area contributed by atoms with Crippen molar-refractivity contribution in [1.29, 1.82) is 0 Å². The molecule has 10 nitrogen and oxygen atoms in total. The Morgan fingerprint density at radius 3 is 2.65 bits per heavy atom. The largest absolute Gasteiger partial charge is 0.491 e. The van der Waals surface area contributed by atoms with Crippen molar-refractivity contribution in [2.45, 2.75) is 66.0 Å². The van der Waals surface area contributed by atoms with Crippen molar-refractivity contribution in [3.05, 3.63) is 40.2 Å². The van der Waals surface area contributed by atoms with Gasteiger partial charge in [-0.15, -0.1) is 0 Å². The van der Waals surface area contributed by atoms with Gasteiger partial charge in [-0.1, -0.05) is 37.0 Å². The Kier molecular flexibility index (Phi) is 9.52. The summed E-state index contributed by atoms with van der Waals surface area (Å²) in [6, 6.07) is 5.29. The number of rotatable bonds is 9. The number of nitrogens with zero attached hydrogens (tertiary/aromatic N) is 5. The molecule has 0 unspecified atom stereocenters. The molecule has 0 aliphatic carbocycles. The van der Waals surface area contributed by atoms with Gasteiger partial charge >= 0.3 is 6.09 Å². The highest BCUT2D eigenvalue weighted by Crippen LogP contribution is 2.37. The molecule has 1 fully saturated rings. The molecule has 0 spiro atoms. The number of benzene rings is 1. The van der Waals surface area contributed by atoms with Crippen molar-refractivity contribution in [3.8, 4) is 28.4 Å². The van der Waals surface area contributed by atoms with Gasteiger partial charge in [0.05, 0.1) is 41.2 Å². The Bertz CT molecular complexity index is 1330. The number of amides is 1. The van der Waals surface area contributed by atoms with Crippen LogP contribution in [-0.4, -0.2) is 76.7 Å².